The second-order valence-electron chi connectivity index (χ2n) is 5.12. The molecule has 0 fully saturated rings. The molecule has 0 saturated heterocycles. The Hall–Kier alpha value is -2.76. The Balaban J connectivity index is 1.95. The molecule has 0 aliphatic rings. The summed E-state index contributed by atoms with van der Waals surface area (Å²) in [6.07, 6.45) is 0. The Morgan fingerprint density at radius 1 is 1.08 bits per heavy atom. The molecule has 128 valence electrons. The van der Waals surface area contributed by atoms with Crippen LogP contribution >= 0.6 is 0 Å². The fraction of sp³-hybridized carbons (Fsp3) is 0.278. The SMILES string of the molecule is COc1ccc([C@H](C)NC(=O)COc2ccccc2F)cc1OC. The van der Waals surface area contributed by atoms with Crippen LogP contribution in [0.15, 0.2) is 42.5 Å². The molecule has 6 heteroatoms. The van der Waals surface area contributed by atoms with Gasteiger partial charge in [-0.2, -0.15) is 0 Å². The van der Waals surface area contributed by atoms with Crippen LogP contribution in [0.2, 0.25) is 0 Å². The molecule has 0 spiro atoms. The van der Waals surface area contributed by atoms with Crippen molar-refractivity contribution in [3.63, 3.8) is 0 Å². The molecule has 5 nitrogen and oxygen atoms in total. The molecule has 24 heavy (non-hydrogen) atoms. The molecule has 0 aliphatic carbocycles. The van der Waals surface area contributed by atoms with Gasteiger partial charge >= 0.3 is 0 Å². The lowest BCUT2D eigenvalue weighted by molar-refractivity contribution is -0.123. The third kappa shape index (κ3) is 4.38. The van der Waals surface area contributed by atoms with Gasteiger partial charge in [0.25, 0.3) is 5.91 Å². The average Bonchev–Trinajstić information content (AvgIpc) is 2.60. The van der Waals surface area contributed by atoms with Crippen molar-refractivity contribution in [1.82, 2.24) is 5.32 Å². The standard InChI is InChI=1S/C18H20FNO4/c1-12(13-8-9-16(22-2)17(10-13)23-3)20-18(21)11-24-15-7-5-4-6-14(15)19/h4-10,12H,11H2,1-3H3,(H,20,21)/t12-/m0/s1. The van der Waals surface area contributed by atoms with Crippen LogP contribution in [-0.4, -0.2) is 26.7 Å². The summed E-state index contributed by atoms with van der Waals surface area (Å²) < 4.78 is 29.1. The zero-order chi connectivity index (χ0) is 17.5. The minimum atomic E-state index is -0.502. The molecule has 0 aromatic heterocycles. The zero-order valence-corrected chi connectivity index (χ0v) is 13.8. The van der Waals surface area contributed by atoms with Crippen molar-refractivity contribution < 1.29 is 23.4 Å². The topological polar surface area (TPSA) is 56.8 Å². The highest BCUT2D eigenvalue weighted by Gasteiger charge is 2.13. The average molecular weight is 333 g/mol. The van der Waals surface area contributed by atoms with E-state index in [1.54, 1.807) is 38.5 Å². The Kier molecular flexibility index (Phi) is 6.01. The summed E-state index contributed by atoms with van der Waals surface area (Å²) in [6, 6.07) is 11.1. The van der Waals surface area contributed by atoms with Crippen LogP contribution in [0, 0.1) is 5.82 Å². The normalized spacial score (nSPS) is 11.5. The van der Waals surface area contributed by atoms with Crippen LogP contribution < -0.4 is 19.5 Å². The molecule has 2 rings (SSSR count). The van der Waals surface area contributed by atoms with Gasteiger partial charge in [0.05, 0.1) is 20.3 Å². The second kappa shape index (κ2) is 8.19. The van der Waals surface area contributed by atoms with E-state index in [4.69, 9.17) is 14.2 Å². The number of rotatable bonds is 7. The summed E-state index contributed by atoms with van der Waals surface area (Å²) in [4.78, 5) is 12.0. The van der Waals surface area contributed by atoms with Crippen LogP contribution in [0.5, 0.6) is 17.2 Å². The van der Waals surface area contributed by atoms with Gasteiger partial charge in [-0.05, 0) is 36.8 Å². The highest BCUT2D eigenvalue weighted by atomic mass is 19.1. The van der Waals surface area contributed by atoms with Crippen LogP contribution in [0.3, 0.4) is 0 Å². The molecule has 2 aromatic rings. The number of methoxy groups -OCH3 is 2. The van der Waals surface area contributed by atoms with Gasteiger partial charge < -0.3 is 19.5 Å². The lowest BCUT2D eigenvalue weighted by Crippen LogP contribution is -2.31. The Morgan fingerprint density at radius 2 is 1.79 bits per heavy atom. The first kappa shape index (κ1) is 17.6. The van der Waals surface area contributed by atoms with Crippen molar-refractivity contribution in [2.45, 2.75) is 13.0 Å². The van der Waals surface area contributed by atoms with Crippen LogP contribution in [0.4, 0.5) is 4.39 Å². The van der Waals surface area contributed by atoms with Crippen molar-refractivity contribution in [2.75, 3.05) is 20.8 Å². The first-order valence-electron chi connectivity index (χ1n) is 7.43. The summed E-state index contributed by atoms with van der Waals surface area (Å²) in [5, 5.41) is 2.79. The number of para-hydroxylation sites is 1. The van der Waals surface area contributed by atoms with Gasteiger partial charge in [0.2, 0.25) is 0 Å². The Labute approximate surface area is 140 Å². The molecular weight excluding hydrogens is 313 g/mol. The first-order valence-corrected chi connectivity index (χ1v) is 7.43. The molecule has 0 unspecified atom stereocenters. The van der Waals surface area contributed by atoms with E-state index in [2.05, 4.69) is 5.32 Å². The number of carbonyl (C=O) groups is 1. The maximum absolute atomic E-state index is 13.4. The maximum Gasteiger partial charge on any atom is 0.258 e. The number of nitrogens with one attached hydrogen (secondary N) is 1. The minimum Gasteiger partial charge on any atom is -0.493 e. The number of halogens is 1. The van der Waals surface area contributed by atoms with Gasteiger partial charge in [-0.1, -0.05) is 18.2 Å². The summed E-state index contributed by atoms with van der Waals surface area (Å²) in [5.74, 6) is 0.395. The maximum atomic E-state index is 13.4. The summed E-state index contributed by atoms with van der Waals surface area (Å²) >= 11 is 0. The van der Waals surface area contributed by atoms with Crippen LogP contribution in [0.1, 0.15) is 18.5 Å². The monoisotopic (exact) mass is 333 g/mol. The summed E-state index contributed by atoms with van der Waals surface area (Å²) in [6.45, 7) is 1.57. The van der Waals surface area contributed by atoms with E-state index in [1.165, 1.54) is 12.1 Å². The predicted octanol–water partition coefficient (Wildman–Crippen LogP) is 3.10. The third-order valence-corrected chi connectivity index (χ3v) is 3.48. The van der Waals surface area contributed by atoms with E-state index >= 15 is 0 Å². The van der Waals surface area contributed by atoms with Crippen molar-refractivity contribution in [2.24, 2.45) is 0 Å². The van der Waals surface area contributed by atoms with E-state index in [-0.39, 0.29) is 24.3 Å². The van der Waals surface area contributed by atoms with Gasteiger partial charge in [0.15, 0.2) is 29.7 Å². The van der Waals surface area contributed by atoms with E-state index < -0.39 is 5.82 Å². The molecule has 1 amide bonds. The van der Waals surface area contributed by atoms with Gasteiger partial charge in [-0.15, -0.1) is 0 Å². The smallest absolute Gasteiger partial charge is 0.258 e. The van der Waals surface area contributed by atoms with Gasteiger partial charge in [-0.25, -0.2) is 4.39 Å². The number of hydrogen-bond acceptors (Lipinski definition) is 4. The lowest BCUT2D eigenvalue weighted by Gasteiger charge is -2.17. The number of hydrogen-bond donors (Lipinski definition) is 1. The fourth-order valence-electron chi connectivity index (χ4n) is 2.19. The van der Waals surface area contributed by atoms with E-state index in [1.807, 2.05) is 13.0 Å². The molecule has 0 aliphatic heterocycles. The molecule has 1 N–H and O–H groups in total. The zero-order valence-electron chi connectivity index (χ0n) is 13.8. The minimum absolute atomic E-state index is 0.0476. The first-order chi connectivity index (χ1) is 11.5. The third-order valence-electron chi connectivity index (χ3n) is 3.48. The molecule has 0 heterocycles. The van der Waals surface area contributed by atoms with E-state index in [9.17, 15) is 9.18 Å². The molecule has 0 radical (unpaired) electrons. The van der Waals surface area contributed by atoms with Crippen molar-refractivity contribution in [1.29, 1.82) is 0 Å². The van der Waals surface area contributed by atoms with E-state index in [0.717, 1.165) is 5.56 Å². The van der Waals surface area contributed by atoms with E-state index in [0.29, 0.717) is 11.5 Å². The quantitative estimate of drug-likeness (QED) is 0.846. The van der Waals surface area contributed by atoms with Crippen molar-refractivity contribution in [3.05, 3.63) is 53.8 Å². The number of benzene rings is 2. The predicted molar refractivity (Wildman–Crippen MR) is 88.0 cm³/mol. The van der Waals surface area contributed by atoms with Crippen molar-refractivity contribution in [3.8, 4) is 17.2 Å². The molecule has 0 saturated carbocycles. The van der Waals surface area contributed by atoms with Crippen molar-refractivity contribution >= 4 is 5.91 Å². The number of carbonyl (C=O) groups excluding carboxylic acids is 1. The molecule has 1 atom stereocenters. The Bertz CT molecular complexity index is 705. The highest BCUT2D eigenvalue weighted by molar-refractivity contribution is 5.78. The number of ether oxygens (including phenoxy) is 3. The van der Waals surface area contributed by atoms with Gasteiger partial charge in [-0.3, -0.25) is 4.79 Å². The summed E-state index contributed by atoms with van der Waals surface area (Å²) in [5.41, 5.74) is 0.854. The molecular formula is C18H20FNO4. The molecule has 2 aromatic carbocycles. The number of amides is 1. The largest absolute Gasteiger partial charge is 0.493 e. The van der Waals surface area contributed by atoms with Gasteiger partial charge in [0.1, 0.15) is 0 Å². The molecule has 0 bridgehead atoms. The fourth-order valence-corrected chi connectivity index (χ4v) is 2.19. The van der Waals surface area contributed by atoms with Crippen LogP contribution in [0.25, 0.3) is 0 Å². The lowest BCUT2D eigenvalue weighted by atomic mass is 10.1. The second-order valence-corrected chi connectivity index (χ2v) is 5.12. The highest BCUT2D eigenvalue weighted by Crippen LogP contribution is 2.29. The summed E-state index contributed by atoms with van der Waals surface area (Å²) in [7, 11) is 3.11. The van der Waals surface area contributed by atoms with Gasteiger partial charge in [0, 0.05) is 0 Å². The van der Waals surface area contributed by atoms with Crippen LogP contribution in [-0.2, 0) is 4.79 Å². The Morgan fingerprint density at radius 3 is 2.46 bits per heavy atom.